The van der Waals surface area contributed by atoms with Gasteiger partial charge in [-0.3, -0.25) is 0 Å². The Labute approximate surface area is 168 Å². The van der Waals surface area contributed by atoms with Crippen LogP contribution in [0.1, 0.15) is 5.56 Å². The van der Waals surface area contributed by atoms with Gasteiger partial charge in [-0.05, 0) is 22.9 Å². The molecule has 1 N–H and O–H groups in total. The minimum atomic E-state index is -1.00. The van der Waals surface area contributed by atoms with E-state index in [0.29, 0.717) is 13.3 Å². The molecule has 29 heavy (non-hydrogen) atoms. The van der Waals surface area contributed by atoms with E-state index in [1.807, 2.05) is 24.3 Å². The van der Waals surface area contributed by atoms with Crippen molar-refractivity contribution >= 4 is 24.6 Å². The van der Waals surface area contributed by atoms with Crippen LogP contribution in [0.5, 0.6) is 0 Å². The molecule has 3 aliphatic heterocycles. The largest absolute Gasteiger partial charge is 0.477 e. The first-order valence-corrected chi connectivity index (χ1v) is 9.25. The second-order valence-electron chi connectivity index (χ2n) is 6.71. The molecule has 7 heteroatoms. The predicted octanol–water partition coefficient (Wildman–Crippen LogP) is 1.25. The average Bonchev–Trinajstić information content (AvgIpc) is 3.31. The molecule has 0 saturated heterocycles. The van der Waals surface area contributed by atoms with Crippen molar-refractivity contribution in [3.8, 4) is 0 Å². The van der Waals surface area contributed by atoms with Crippen LogP contribution in [0.3, 0.4) is 0 Å². The number of carboxylic acids is 1. The van der Waals surface area contributed by atoms with E-state index < -0.39 is 5.97 Å². The number of aliphatic imine (C=N–C) groups is 1. The lowest BCUT2D eigenvalue weighted by Crippen LogP contribution is -2.26. The van der Waals surface area contributed by atoms with Crippen LogP contribution in [0.25, 0.3) is 12.3 Å². The maximum Gasteiger partial charge on any atom is 0.352 e. The number of carbonyl (C=O) groups is 1. The molecule has 0 radical (unpaired) electrons. The molecule has 148 valence electrons. The van der Waals surface area contributed by atoms with Crippen molar-refractivity contribution in [2.45, 2.75) is 12.6 Å². The lowest BCUT2D eigenvalue weighted by Gasteiger charge is -2.20. The predicted molar refractivity (Wildman–Crippen MR) is 109 cm³/mol. The Morgan fingerprint density at radius 3 is 3.07 bits per heavy atom. The lowest BCUT2D eigenvalue weighted by molar-refractivity contribution is -0.133. The second kappa shape index (κ2) is 8.62. The molecule has 7 nitrogen and oxygen atoms in total. The van der Waals surface area contributed by atoms with Crippen LogP contribution in [0, 0.1) is 0 Å². The Morgan fingerprint density at radius 1 is 1.24 bits per heavy atom. The fourth-order valence-corrected chi connectivity index (χ4v) is 3.39. The molecule has 0 spiro atoms. The van der Waals surface area contributed by atoms with E-state index in [1.165, 1.54) is 29.6 Å². The molecule has 0 aromatic heterocycles. The summed E-state index contributed by atoms with van der Waals surface area (Å²) < 4.78 is 11.1. The highest BCUT2D eigenvalue weighted by Gasteiger charge is 2.27. The van der Waals surface area contributed by atoms with Gasteiger partial charge < -0.3 is 24.4 Å². The number of aliphatic carboxylic acids is 1. The molecule has 4 rings (SSSR count). The number of allylic oxidation sites excluding steroid dienone is 3. The summed E-state index contributed by atoms with van der Waals surface area (Å²) in [7, 11) is 0. The molecule has 4 bridgehead atoms. The summed E-state index contributed by atoms with van der Waals surface area (Å²) >= 11 is 0. The van der Waals surface area contributed by atoms with Gasteiger partial charge in [-0.2, -0.15) is 0 Å². The molecule has 1 atom stereocenters. The Hall–Kier alpha value is -3.58. The Bertz CT molecular complexity index is 1050. The SMILES string of the molecule is O=C(O)C1=CC2CN1/C=C\N=C/O\C=C/C=C\C=c1\cccc3c1=CN(CO2)C3. The highest BCUT2D eigenvalue weighted by molar-refractivity contribution is 5.86. The molecule has 0 amide bonds. The Balaban J connectivity index is 1.62. The minimum Gasteiger partial charge on any atom is -0.477 e. The third kappa shape index (κ3) is 4.47. The van der Waals surface area contributed by atoms with Crippen molar-refractivity contribution in [1.29, 1.82) is 0 Å². The van der Waals surface area contributed by atoms with E-state index >= 15 is 0 Å². The van der Waals surface area contributed by atoms with Gasteiger partial charge in [-0.25, -0.2) is 9.79 Å². The fraction of sp³-hybridized carbons (Fsp3) is 0.182. The number of hydrogen-bond acceptors (Lipinski definition) is 6. The van der Waals surface area contributed by atoms with E-state index in [1.54, 1.807) is 23.3 Å². The summed E-state index contributed by atoms with van der Waals surface area (Å²) in [6, 6.07) is 6.22. The highest BCUT2D eigenvalue weighted by Crippen LogP contribution is 2.19. The lowest BCUT2D eigenvalue weighted by atomic mass is 10.1. The zero-order valence-electron chi connectivity index (χ0n) is 15.7. The summed E-state index contributed by atoms with van der Waals surface area (Å²) in [4.78, 5) is 19.2. The van der Waals surface area contributed by atoms with E-state index in [-0.39, 0.29) is 11.8 Å². The number of rotatable bonds is 1. The van der Waals surface area contributed by atoms with E-state index in [4.69, 9.17) is 9.47 Å². The number of ether oxygens (including phenoxy) is 2. The van der Waals surface area contributed by atoms with Crippen LogP contribution in [-0.4, -0.2) is 46.7 Å². The van der Waals surface area contributed by atoms with Crippen LogP contribution < -0.4 is 10.4 Å². The summed E-state index contributed by atoms with van der Waals surface area (Å²) in [5.41, 5.74) is 1.41. The van der Waals surface area contributed by atoms with Crippen LogP contribution >= 0.6 is 0 Å². The van der Waals surface area contributed by atoms with Crippen LogP contribution in [-0.2, 0) is 20.8 Å². The molecule has 3 heterocycles. The average molecular weight is 391 g/mol. The Morgan fingerprint density at radius 2 is 2.17 bits per heavy atom. The molecule has 0 saturated carbocycles. The van der Waals surface area contributed by atoms with Crippen molar-refractivity contribution in [3.05, 3.63) is 82.9 Å². The number of benzene rings is 1. The molecule has 1 unspecified atom stereocenters. The molecular formula is C22H21N3O4. The van der Waals surface area contributed by atoms with E-state index in [9.17, 15) is 9.90 Å². The maximum absolute atomic E-state index is 11.5. The smallest absolute Gasteiger partial charge is 0.352 e. The molecule has 0 fully saturated rings. The van der Waals surface area contributed by atoms with Gasteiger partial charge in [0.15, 0.2) is 6.40 Å². The van der Waals surface area contributed by atoms with Gasteiger partial charge in [0, 0.05) is 30.4 Å². The van der Waals surface area contributed by atoms with Gasteiger partial charge in [0.1, 0.15) is 12.4 Å². The zero-order chi connectivity index (χ0) is 20.1. The molecule has 0 aliphatic carbocycles. The topological polar surface area (TPSA) is 74.6 Å². The number of nitrogens with zero attached hydrogens (tertiary/aromatic N) is 3. The molecule has 3 aliphatic rings. The quantitative estimate of drug-likeness (QED) is 0.777. The van der Waals surface area contributed by atoms with Gasteiger partial charge in [0.25, 0.3) is 0 Å². The van der Waals surface area contributed by atoms with Gasteiger partial charge >= 0.3 is 5.97 Å². The second-order valence-corrected chi connectivity index (χ2v) is 6.71. The van der Waals surface area contributed by atoms with Gasteiger partial charge in [0.2, 0.25) is 0 Å². The maximum atomic E-state index is 11.5. The number of carboxylic acid groups (broad SMARTS) is 1. The normalized spacial score (nSPS) is 26.4. The standard InChI is InChI=1S/C22H21N3O4/c26-22(27)21-11-19-13-25(21)9-8-23-15-28-10-3-1-2-5-17-6-4-7-18-12-24(16-29-19)14-20(17)18/h1-11,14-15,19H,12-13,16H2,(H,26,27)/b2-1-,9-8-,10-3-,17-5-,23-15-. The highest BCUT2D eigenvalue weighted by atomic mass is 16.5. The first kappa shape index (κ1) is 18.8. The fourth-order valence-electron chi connectivity index (χ4n) is 3.39. The molecule has 1 aromatic carbocycles. The summed E-state index contributed by atoms with van der Waals surface area (Å²) in [5.74, 6) is -1.00. The van der Waals surface area contributed by atoms with Gasteiger partial charge in [-0.1, -0.05) is 36.4 Å². The number of hydrogen-bond donors (Lipinski definition) is 1. The van der Waals surface area contributed by atoms with Crippen molar-refractivity contribution in [3.63, 3.8) is 0 Å². The first-order valence-electron chi connectivity index (χ1n) is 9.25. The molecule has 1 aromatic rings. The summed E-state index contributed by atoms with van der Waals surface area (Å²) in [6.45, 7) is 1.55. The third-order valence-electron chi connectivity index (χ3n) is 4.73. The third-order valence-corrected chi connectivity index (χ3v) is 4.73. The van der Waals surface area contributed by atoms with Crippen LogP contribution in [0.15, 0.2) is 71.9 Å². The summed E-state index contributed by atoms with van der Waals surface area (Å²) in [5, 5.41) is 11.7. The van der Waals surface area contributed by atoms with Crippen molar-refractivity contribution < 1.29 is 19.4 Å². The van der Waals surface area contributed by atoms with E-state index in [2.05, 4.69) is 28.2 Å². The van der Waals surface area contributed by atoms with Gasteiger partial charge in [-0.15, -0.1) is 0 Å². The Kier molecular flexibility index (Phi) is 5.58. The monoisotopic (exact) mass is 391 g/mol. The van der Waals surface area contributed by atoms with Crippen LogP contribution in [0.4, 0.5) is 0 Å². The van der Waals surface area contributed by atoms with Crippen molar-refractivity contribution in [1.82, 2.24) is 9.80 Å². The minimum absolute atomic E-state index is 0.173. The van der Waals surface area contributed by atoms with Gasteiger partial charge in [0.05, 0.1) is 18.9 Å². The van der Waals surface area contributed by atoms with Crippen molar-refractivity contribution in [2.75, 3.05) is 13.3 Å². The number of fused-ring (bicyclic) bond motifs is 3. The van der Waals surface area contributed by atoms with Crippen molar-refractivity contribution in [2.24, 2.45) is 4.99 Å². The molecular weight excluding hydrogens is 370 g/mol. The zero-order valence-corrected chi connectivity index (χ0v) is 15.7. The summed E-state index contributed by atoms with van der Waals surface area (Å²) in [6.07, 6.45) is 16.9. The van der Waals surface area contributed by atoms with Crippen LogP contribution in [0.2, 0.25) is 0 Å². The first-order chi connectivity index (χ1) is 14.2. The van der Waals surface area contributed by atoms with E-state index in [0.717, 1.165) is 11.8 Å².